The van der Waals surface area contributed by atoms with Crippen LogP contribution in [0.15, 0.2) is 0 Å². The lowest BCUT2D eigenvalue weighted by atomic mass is 10.1. The Hall–Kier alpha value is -2.05. The van der Waals surface area contributed by atoms with E-state index in [2.05, 4.69) is 15.7 Å². The molecule has 0 aromatic carbocycles. The lowest BCUT2D eigenvalue weighted by Gasteiger charge is -2.07. The molecular weight excluding hydrogens is 272 g/mol. The van der Waals surface area contributed by atoms with Crippen LogP contribution in [0.25, 0.3) is 0 Å². The van der Waals surface area contributed by atoms with E-state index in [4.69, 9.17) is 4.74 Å². The largest absolute Gasteiger partial charge is 0.465 e. The molecule has 0 atom stereocenters. The summed E-state index contributed by atoms with van der Waals surface area (Å²) in [4.78, 5) is 22.6. The molecule has 2 N–H and O–H groups in total. The number of aromatic nitrogens is 2. The molecular formula is C14H24N4O3. The number of aryl methyl sites for hydroxylation is 2. The van der Waals surface area contributed by atoms with Crippen molar-refractivity contribution < 1.29 is 14.3 Å². The summed E-state index contributed by atoms with van der Waals surface area (Å²) < 4.78 is 6.67. The molecule has 0 fully saturated rings. The van der Waals surface area contributed by atoms with Crippen LogP contribution in [0.1, 0.15) is 30.8 Å². The number of carbonyl (C=O) groups excluding carboxylic acids is 2. The van der Waals surface area contributed by atoms with E-state index in [0.717, 1.165) is 23.5 Å². The van der Waals surface area contributed by atoms with Crippen molar-refractivity contribution in [1.29, 1.82) is 0 Å². The number of hydrogen-bond acceptors (Lipinski definition) is 4. The molecule has 21 heavy (non-hydrogen) atoms. The minimum atomic E-state index is -0.441. The zero-order chi connectivity index (χ0) is 15.8. The number of hydrogen-bond donors (Lipinski definition) is 2. The van der Waals surface area contributed by atoms with E-state index in [1.807, 2.05) is 25.5 Å². The first kappa shape index (κ1) is 17.0. The highest BCUT2D eigenvalue weighted by Crippen LogP contribution is 2.13. The van der Waals surface area contributed by atoms with Gasteiger partial charge >= 0.3 is 12.0 Å². The number of nitrogens with one attached hydrogen (secondary N) is 2. The molecule has 0 bridgehead atoms. The van der Waals surface area contributed by atoms with Crippen molar-refractivity contribution in [1.82, 2.24) is 20.4 Å². The Morgan fingerprint density at radius 2 is 1.95 bits per heavy atom. The smallest absolute Gasteiger partial charge is 0.325 e. The molecule has 0 unspecified atom stereocenters. The van der Waals surface area contributed by atoms with Crippen molar-refractivity contribution in [2.24, 2.45) is 0 Å². The molecule has 0 radical (unpaired) electrons. The fourth-order valence-electron chi connectivity index (χ4n) is 2.13. The predicted molar refractivity (Wildman–Crippen MR) is 79.1 cm³/mol. The second kappa shape index (κ2) is 8.28. The van der Waals surface area contributed by atoms with Gasteiger partial charge in [-0.2, -0.15) is 5.10 Å². The molecule has 0 aliphatic carbocycles. The molecule has 0 saturated carbocycles. The molecule has 1 aromatic heterocycles. The summed E-state index contributed by atoms with van der Waals surface area (Å²) in [7, 11) is 0. The standard InChI is InChI=1S/C14H24N4O3/c1-5-18-11(4)12(10(3)17-18)7-8-15-14(20)16-9-13(19)21-6-2/h5-9H2,1-4H3,(H2,15,16,20). The van der Waals surface area contributed by atoms with E-state index in [1.165, 1.54) is 0 Å². The van der Waals surface area contributed by atoms with Gasteiger partial charge in [-0.25, -0.2) is 4.79 Å². The van der Waals surface area contributed by atoms with Gasteiger partial charge in [-0.3, -0.25) is 9.48 Å². The van der Waals surface area contributed by atoms with E-state index in [9.17, 15) is 9.59 Å². The fraction of sp³-hybridized carbons (Fsp3) is 0.643. The lowest BCUT2D eigenvalue weighted by molar-refractivity contribution is -0.141. The highest BCUT2D eigenvalue weighted by molar-refractivity contribution is 5.80. The Balaban J connectivity index is 2.35. The molecule has 0 aliphatic rings. The summed E-state index contributed by atoms with van der Waals surface area (Å²) in [5, 5.41) is 9.60. The summed E-state index contributed by atoms with van der Waals surface area (Å²) in [5.74, 6) is -0.441. The monoisotopic (exact) mass is 296 g/mol. The van der Waals surface area contributed by atoms with Crippen LogP contribution in [0, 0.1) is 13.8 Å². The van der Waals surface area contributed by atoms with E-state index >= 15 is 0 Å². The van der Waals surface area contributed by atoms with Crippen LogP contribution in [0.3, 0.4) is 0 Å². The number of rotatable bonds is 7. The van der Waals surface area contributed by atoms with Crippen molar-refractivity contribution in [2.75, 3.05) is 19.7 Å². The Labute approximate surface area is 125 Å². The maximum atomic E-state index is 11.5. The van der Waals surface area contributed by atoms with Crippen LogP contribution in [-0.2, 0) is 22.5 Å². The molecule has 1 aromatic rings. The first-order chi connectivity index (χ1) is 9.99. The molecule has 0 saturated heterocycles. The van der Waals surface area contributed by atoms with Gasteiger partial charge in [-0.05, 0) is 39.7 Å². The molecule has 118 valence electrons. The number of esters is 1. The maximum Gasteiger partial charge on any atom is 0.325 e. The minimum Gasteiger partial charge on any atom is -0.465 e. The van der Waals surface area contributed by atoms with Gasteiger partial charge in [-0.15, -0.1) is 0 Å². The molecule has 7 nitrogen and oxygen atoms in total. The Bertz CT molecular complexity index is 497. The van der Waals surface area contributed by atoms with E-state index in [-0.39, 0.29) is 12.6 Å². The number of carbonyl (C=O) groups is 2. The SMILES string of the molecule is CCOC(=O)CNC(=O)NCCc1c(C)nn(CC)c1C. The first-order valence-corrected chi connectivity index (χ1v) is 7.19. The van der Waals surface area contributed by atoms with E-state index < -0.39 is 5.97 Å². The highest BCUT2D eigenvalue weighted by Gasteiger charge is 2.11. The average Bonchev–Trinajstić information content (AvgIpc) is 2.72. The van der Waals surface area contributed by atoms with Gasteiger partial charge in [-0.1, -0.05) is 0 Å². The number of amides is 2. The van der Waals surface area contributed by atoms with E-state index in [1.54, 1.807) is 6.92 Å². The summed E-state index contributed by atoms with van der Waals surface area (Å²) in [6, 6.07) is -0.374. The predicted octanol–water partition coefficient (Wildman–Crippen LogP) is 0.925. The van der Waals surface area contributed by atoms with Gasteiger partial charge in [0.25, 0.3) is 0 Å². The summed E-state index contributed by atoms with van der Waals surface area (Å²) >= 11 is 0. The zero-order valence-corrected chi connectivity index (χ0v) is 13.2. The molecule has 7 heteroatoms. The summed E-state index contributed by atoms with van der Waals surface area (Å²) in [6.45, 7) is 9.28. The topological polar surface area (TPSA) is 85.2 Å². The summed E-state index contributed by atoms with van der Waals surface area (Å²) in [6.07, 6.45) is 0.713. The van der Waals surface area contributed by atoms with Crippen molar-refractivity contribution in [3.05, 3.63) is 17.0 Å². The number of urea groups is 1. The van der Waals surface area contributed by atoms with Crippen molar-refractivity contribution in [3.8, 4) is 0 Å². The maximum absolute atomic E-state index is 11.5. The van der Waals surface area contributed by atoms with Crippen LogP contribution in [0.4, 0.5) is 4.79 Å². The quantitative estimate of drug-likeness (QED) is 0.733. The van der Waals surface area contributed by atoms with Crippen LogP contribution in [0.5, 0.6) is 0 Å². The third-order valence-corrected chi connectivity index (χ3v) is 3.19. The molecule has 0 spiro atoms. The van der Waals surface area contributed by atoms with Gasteiger partial charge in [0.1, 0.15) is 6.54 Å². The summed E-state index contributed by atoms with van der Waals surface area (Å²) in [5.41, 5.74) is 3.27. The van der Waals surface area contributed by atoms with Gasteiger partial charge in [0.2, 0.25) is 0 Å². The van der Waals surface area contributed by atoms with Crippen molar-refractivity contribution >= 4 is 12.0 Å². The normalized spacial score (nSPS) is 10.3. The Kier molecular flexibility index (Phi) is 6.71. The molecule has 2 amide bonds. The fourth-order valence-corrected chi connectivity index (χ4v) is 2.13. The van der Waals surface area contributed by atoms with Crippen molar-refractivity contribution in [3.63, 3.8) is 0 Å². The van der Waals surface area contributed by atoms with Crippen LogP contribution in [-0.4, -0.2) is 41.5 Å². The van der Waals surface area contributed by atoms with Crippen molar-refractivity contribution in [2.45, 2.75) is 40.7 Å². The Morgan fingerprint density at radius 1 is 1.24 bits per heavy atom. The second-order valence-electron chi connectivity index (χ2n) is 4.63. The van der Waals surface area contributed by atoms with Gasteiger partial charge in [0.15, 0.2) is 0 Å². The zero-order valence-electron chi connectivity index (χ0n) is 13.2. The van der Waals surface area contributed by atoms with Crippen LogP contribution < -0.4 is 10.6 Å². The first-order valence-electron chi connectivity index (χ1n) is 7.19. The van der Waals surface area contributed by atoms with E-state index in [0.29, 0.717) is 19.6 Å². The Morgan fingerprint density at radius 3 is 2.52 bits per heavy atom. The second-order valence-corrected chi connectivity index (χ2v) is 4.63. The van der Waals surface area contributed by atoms with Gasteiger partial charge in [0.05, 0.1) is 12.3 Å². The molecule has 1 rings (SSSR count). The van der Waals surface area contributed by atoms with Gasteiger partial charge < -0.3 is 15.4 Å². The third-order valence-electron chi connectivity index (χ3n) is 3.19. The lowest BCUT2D eigenvalue weighted by Crippen LogP contribution is -2.39. The third kappa shape index (κ3) is 5.09. The number of nitrogens with zero attached hydrogens (tertiary/aromatic N) is 2. The highest BCUT2D eigenvalue weighted by atomic mass is 16.5. The number of ether oxygens (including phenoxy) is 1. The molecule has 1 heterocycles. The van der Waals surface area contributed by atoms with Gasteiger partial charge in [0, 0.05) is 18.8 Å². The molecule has 0 aliphatic heterocycles. The average molecular weight is 296 g/mol. The van der Waals surface area contributed by atoms with Crippen LogP contribution in [0.2, 0.25) is 0 Å². The van der Waals surface area contributed by atoms with Crippen LogP contribution >= 0.6 is 0 Å². The minimum absolute atomic E-state index is 0.120.